The molecule has 0 radical (unpaired) electrons. The molecule has 4 fully saturated rings. The summed E-state index contributed by atoms with van der Waals surface area (Å²) in [6.45, 7) is 1.79. The van der Waals surface area contributed by atoms with Crippen LogP contribution in [0.25, 0.3) is 11.5 Å². The standard InChI is InChI=1S/C37H39FN6O/c38-31-17-24(21-39)11-12-28(31)34-42-35(44-45-34)36(13-5-14-36)22-40-33-20-30(33)26-9-4-10-27(18-26)43-37(15-6-16-37)23-41-32-19-29(32)25-7-2-1-3-8-25/h1-4,7-12,17-18,29-30,32-33,40-41,43H,5-6,13-16,19-20,22-23H2/t29-,30-,32+,33+/m1/s1. The van der Waals surface area contributed by atoms with Crippen LogP contribution in [0, 0.1) is 17.1 Å². The molecule has 45 heavy (non-hydrogen) atoms. The van der Waals surface area contributed by atoms with Gasteiger partial charge in [-0.1, -0.05) is 54.0 Å². The molecule has 1 heterocycles. The molecule has 4 aliphatic rings. The number of halogens is 1. The molecule has 7 nitrogen and oxygen atoms in total. The molecule has 0 amide bonds. The molecule has 3 N–H and O–H groups in total. The van der Waals surface area contributed by atoms with Gasteiger partial charge in [-0.25, -0.2) is 4.39 Å². The molecule has 1 aromatic heterocycles. The zero-order chi connectivity index (χ0) is 30.4. The Hall–Kier alpha value is -4.06. The molecule has 0 aliphatic heterocycles. The Morgan fingerprint density at radius 3 is 2.27 bits per heavy atom. The van der Waals surface area contributed by atoms with Crippen molar-refractivity contribution in [2.75, 3.05) is 18.4 Å². The zero-order valence-electron chi connectivity index (χ0n) is 25.4. The van der Waals surface area contributed by atoms with Crippen LogP contribution in [0.5, 0.6) is 0 Å². The zero-order valence-corrected chi connectivity index (χ0v) is 25.4. The van der Waals surface area contributed by atoms with Gasteiger partial charge in [0.25, 0.3) is 5.89 Å². The second-order valence-electron chi connectivity index (χ2n) is 13.8. The molecule has 0 unspecified atom stereocenters. The third kappa shape index (κ3) is 5.64. The van der Waals surface area contributed by atoms with E-state index in [4.69, 9.17) is 9.78 Å². The van der Waals surface area contributed by atoms with E-state index in [2.05, 4.69) is 80.7 Å². The largest absolute Gasteiger partial charge is 0.378 e. The van der Waals surface area contributed by atoms with Crippen LogP contribution in [0.3, 0.4) is 0 Å². The van der Waals surface area contributed by atoms with Crippen molar-refractivity contribution in [1.29, 1.82) is 5.26 Å². The van der Waals surface area contributed by atoms with Gasteiger partial charge in [0.15, 0.2) is 5.82 Å². The van der Waals surface area contributed by atoms with Crippen molar-refractivity contribution in [3.05, 3.63) is 101 Å². The van der Waals surface area contributed by atoms with Crippen molar-refractivity contribution in [3.63, 3.8) is 0 Å². The van der Waals surface area contributed by atoms with E-state index in [-0.39, 0.29) is 28.0 Å². The van der Waals surface area contributed by atoms with Crippen LogP contribution in [-0.4, -0.2) is 40.9 Å². The van der Waals surface area contributed by atoms with Crippen molar-refractivity contribution in [1.82, 2.24) is 20.8 Å². The Balaban J connectivity index is 0.867. The maximum absolute atomic E-state index is 14.6. The third-order valence-corrected chi connectivity index (χ3v) is 10.8. The van der Waals surface area contributed by atoms with E-state index >= 15 is 0 Å². The first kappa shape index (κ1) is 28.4. The lowest BCUT2D eigenvalue weighted by atomic mass is 9.68. The van der Waals surface area contributed by atoms with E-state index in [9.17, 15) is 4.39 Å². The molecule has 0 bridgehead atoms. The summed E-state index contributed by atoms with van der Waals surface area (Å²) >= 11 is 0. The van der Waals surface area contributed by atoms with Crippen LogP contribution in [0.15, 0.2) is 77.3 Å². The number of aromatic nitrogens is 2. The van der Waals surface area contributed by atoms with Gasteiger partial charge >= 0.3 is 0 Å². The monoisotopic (exact) mass is 602 g/mol. The van der Waals surface area contributed by atoms with Gasteiger partial charge in [0, 0.05) is 53.7 Å². The summed E-state index contributed by atoms with van der Waals surface area (Å²) in [5, 5.41) is 24.9. The highest BCUT2D eigenvalue weighted by atomic mass is 19.1. The first-order chi connectivity index (χ1) is 22.0. The van der Waals surface area contributed by atoms with E-state index in [1.807, 2.05) is 6.07 Å². The van der Waals surface area contributed by atoms with Crippen LogP contribution < -0.4 is 16.0 Å². The fraction of sp³-hybridized carbons (Fsp3) is 0.432. The van der Waals surface area contributed by atoms with Gasteiger partial charge in [-0.3, -0.25) is 0 Å². The first-order valence-electron chi connectivity index (χ1n) is 16.5. The lowest BCUT2D eigenvalue weighted by Crippen LogP contribution is -2.53. The predicted octanol–water partition coefficient (Wildman–Crippen LogP) is 6.80. The van der Waals surface area contributed by atoms with Crippen LogP contribution in [0.4, 0.5) is 10.1 Å². The average molecular weight is 603 g/mol. The minimum Gasteiger partial charge on any atom is -0.378 e. The SMILES string of the molecule is N#Cc1ccc(-c2nc(C3(CN[C@H]4C[C@@H]4c4cccc(NC5(CN[C@H]6C[C@@H]6c6ccccc6)CCC5)c4)CCC3)no2)c(F)c1. The molecular formula is C37H39FN6O. The van der Waals surface area contributed by atoms with Crippen molar-refractivity contribution in [2.45, 2.75) is 86.2 Å². The highest BCUT2D eigenvalue weighted by Gasteiger charge is 2.47. The second-order valence-corrected chi connectivity index (χ2v) is 13.8. The summed E-state index contributed by atoms with van der Waals surface area (Å²) in [5.74, 6) is 1.42. The second kappa shape index (κ2) is 11.4. The van der Waals surface area contributed by atoms with Crippen molar-refractivity contribution < 1.29 is 8.91 Å². The van der Waals surface area contributed by atoms with Crippen molar-refractivity contribution >= 4 is 5.69 Å². The molecule has 0 saturated heterocycles. The third-order valence-electron chi connectivity index (χ3n) is 10.8. The summed E-state index contributed by atoms with van der Waals surface area (Å²) in [7, 11) is 0. The summed E-state index contributed by atoms with van der Waals surface area (Å²) in [5.41, 5.74) is 4.51. The quantitative estimate of drug-likeness (QED) is 0.164. The maximum Gasteiger partial charge on any atom is 0.260 e. The number of hydrogen-bond donors (Lipinski definition) is 3. The highest BCUT2D eigenvalue weighted by Crippen LogP contribution is 2.47. The van der Waals surface area contributed by atoms with Gasteiger partial charge in [-0.2, -0.15) is 10.2 Å². The highest BCUT2D eigenvalue weighted by molar-refractivity contribution is 5.56. The molecule has 0 spiro atoms. The summed E-state index contributed by atoms with van der Waals surface area (Å²) < 4.78 is 20.1. The van der Waals surface area contributed by atoms with Gasteiger partial charge in [-0.15, -0.1) is 0 Å². The summed E-state index contributed by atoms with van der Waals surface area (Å²) in [6, 6.07) is 27.2. The molecule has 4 saturated carbocycles. The fourth-order valence-corrected chi connectivity index (χ4v) is 7.42. The Morgan fingerprint density at radius 2 is 1.58 bits per heavy atom. The van der Waals surface area contributed by atoms with Gasteiger partial charge in [0.05, 0.1) is 17.2 Å². The molecule has 3 aromatic carbocycles. The van der Waals surface area contributed by atoms with Crippen LogP contribution in [-0.2, 0) is 5.41 Å². The smallest absolute Gasteiger partial charge is 0.260 e. The number of rotatable bonds is 12. The molecular weight excluding hydrogens is 563 g/mol. The van der Waals surface area contributed by atoms with E-state index in [0.717, 1.165) is 38.8 Å². The van der Waals surface area contributed by atoms with Crippen LogP contribution in [0.2, 0.25) is 0 Å². The molecule has 8 heteroatoms. The van der Waals surface area contributed by atoms with Crippen LogP contribution >= 0.6 is 0 Å². The average Bonchev–Trinajstić information content (AvgIpc) is 3.94. The van der Waals surface area contributed by atoms with Crippen molar-refractivity contribution in [2.24, 2.45) is 0 Å². The summed E-state index contributed by atoms with van der Waals surface area (Å²) in [6.07, 6.45) is 9.11. The van der Waals surface area contributed by atoms with E-state index in [1.54, 1.807) is 6.07 Å². The van der Waals surface area contributed by atoms with E-state index in [1.165, 1.54) is 54.6 Å². The van der Waals surface area contributed by atoms with Crippen LogP contribution in [0.1, 0.15) is 85.7 Å². The van der Waals surface area contributed by atoms with E-state index < -0.39 is 5.82 Å². The minimum atomic E-state index is -0.526. The van der Waals surface area contributed by atoms with Gasteiger partial charge in [-0.05, 0) is 86.4 Å². The normalized spacial score (nSPS) is 25.4. The first-order valence-corrected chi connectivity index (χ1v) is 16.5. The number of nitriles is 1. The molecule has 4 aliphatic carbocycles. The molecule has 230 valence electrons. The van der Waals surface area contributed by atoms with E-state index in [0.29, 0.717) is 29.7 Å². The maximum atomic E-state index is 14.6. The Kier molecular flexibility index (Phi) is 7.19. The predicted molar refractivity (Wildman–Crippen MR) is 171 cm³/mol. The lowest BCUT2D eigenvalue weighted by Gasteiger charge is -2.44. The van der Waals surface area contributed by atoms with Gasteiger partial charge < -0.3 is 20.5 Å². The number of anilines is 1. The number of nitrogens with zero attached hydrogens (tertiary/aromatic N) is 3. The Morgan fingerprint density at radius 1 is 0.844 bits per heavy atom. The molecule has 8 rings (SSSR count). The molecule has 4 aromatic rings. The topological polar surface area (TPSA) is 98.8 Å². The number of nitrogens with one attached hydrogen (secondary N) is 3. The minimum absolute atomic E-state index is 0.143. The summed E-state index contributed by atoms with van der Waals surface area (Å²) in [4.78, 5) is 4.62. The van der Waals surface area contributed by atoms with Gasteiger partial charge in [0.2, 0.25) is 0 Å². The molecule has 4 atom stereocenters. The Bertz CT molecular complexity index is 1720. The number of hydrogen-bond acceptors (Lipinski definition) is 7. The number of benzene rings is 3. The van der Waals surface area contributed by atoms with Gasteiger partial charge in [0.1, 0.15) is 5.82 Å². The fourth-order valence-electron chi connectivity index (χ4n) is 7.42. The van der Waals surface area contributed by atoms with Crippen molar-refractivity contribution in [3.8, 4) is 17.5 Å². The lowest BCUT2D eigenvalue weighted by molar-refractivity contribution is 0.211. The Labute approximate surface area is 263 Å².